The third-order valence-electron chi connectivity index (χ3n) is 10.1. The molecule has 0 aromatic heterocycles. The maximum absolute atomic E-state index is 2.45. The lowest BCUT2D eigenvalue weighted by Gasteiger charge is -2.23. The van der Waals surface area contributed by atoms with E-state index < -0.39 is 0 Å². The van der Waals surface area contributed by atoms with Crippen LogP contribution in [0.4, 0.5) is 0 Å². The Morgan fingerprint density at radius 2 is 0.844 bits per heavy atom. The highest BCUT2D eigenvalue weighted by molar-refractivity contribution is 6.17. The first-order valence-electron chi connectivity index (χ1n) is 15.9. The van der Waals surface area contributed by atoms with E-state index in [1.807, 2.05) is 0 Å². The normalized spacial score (nSPS) is 13.3. The summed E-state index contributed by atoms with van der Waals surface area (Å²) in [6.45, 7) is 4.75. The molecule has 0 bridgehead atoms. The summed E-state index contributed by atoms with van der Waals surface area (Å²) in [5, 5.41) is 7.74. The Morgan fingerprint density at radius 1 is 0.311 bits per heavy atom. The summed E-state index contributed by atoms with van der Waals surface area (Å²) >= 11 is 0. The minimum Gasteiger partial charge on any atom is -0.0622 e. The van der Waals surface area contributed by atoms with Gasteiger partial charge in [0.15, 0.2) is 0 Å². The molecule has 0 heteroatoms. The lowest BCUT2D eigenvalue weighted by atomic mass is 9.80. The molecule has 0 aliphatic heterocycles. The van der Waals surface area contributed by atoms with Gasteiger partial charge in [-0.3, -0.25) is 0 Å². The number of rotatable bonds is 3. The zero-order valence-electron chi connectivity index (χ0n) is 25.5. The molecule has 0 fully saturated rings. The highest BCUT2D eigenvalue weighted by Crippen LogP contribution is 2.51. The summed E-state index contributed by atoms with van der Waals surface area (Å²) < 4.78 is 0. The van der Waals surface area contributed by atoms with Crippen molar-refractivity contribution in [3.8, 4) is 44.5 Å². The summed E-state index contributed by atoms with van der Waals surface area (Å²) in [5.41, 5.74) is 13.1. The van der Waals surface area contributed by atoms with Crippen LogP contribution in [0.1, 0.15) is 25.0 Å². The predicted octanol–water partition coefficient (Wildman–Crippen LogP) is 12.5. The van der Waals surface area contributed by atoms with Crippen molar-refractivity contribution in [1.82, 2.24) is 0 Å². The predicted molar refractivity (Wildman–Crippen MR) is 193 cm³/mol. The number of benzene rings is 8. The highest BCUT2D eigenvalue weighted by atomic mass is 14.4. The molecule has 0 radical (unpaired) electrons. The van der Waals surface area contributed by atoms with Gasteiger partial charge in [-0.1, -0.05) is 153 Å². The van der Waals surface area contributed by atoms with Gasteiger partial charge >= 0.3 is 0 Å². The van der Waals surface area contributed by atoms with Crippen LogP contribution in [0.3, 0.4) is 0 Å². The van der Waals surface area contributed by atoms with Gasteiger partial charge in [-0.25, -0.2) is 0 Å². The second-order valence-corrected chi connectivity index (χ2v) is 12.9. The van der Waals surface area contributed by atoms with Crippen LogP contribution in [0.2, 0.25) is 0 Å². The molecule has 0 amide bonds. The largest absolute Gasteiger partial charge is 0.0622 e. The van der Waals surface area contributed by atoms with E-state index >= 15 is 0 Å². The first-order valence-corrected chi connectivity index (χ1v) is 15.9. The van der Waals surface area contributed by atoms with Crippen molar-refractivity contribution in [2.45, 2.75) is 19.3 Å². The zero-order chi connectivity index (χ0) is 30.1. The Morgan fingerprint density at radius 3 is 1.60 bits per heavy atom. The quantitative estimate of drug-likeness (QED) is 0.185. The fourth-order valence-corrected chi connectivity index (χ4v) is 7.79. The summed E-state index contributed by atoms with van der Waals surface area (Å²) in [5.74, 6) is 0. The molecule has 0 unspecified atom stereocenters. The fraction of sp³-hybridized carbons (Fsp3) is 0.0667. The summed E-state index contributed by atoms with van der Waals surface area (Å²) in [4.78, 5) is 0. The van der Waals surface area contributed by atoms with Crippen LogP contribution in [0.5, 0.6) is 0 Å². The second kappa shape index (κ2) is 9.78. The molecule has 0 heterocycles. The Hall–Kier alpha value is -5.46. The lowest BCUT2D eigenvalue weighted by molar-refractivity contribution is 0.661. The van der Waals surface area contributed by atoms with Crippen molar-refractivity contribution in [2.75, 3.05) is 0 Å². The average molecular weight is 573 g/mol. The lowest BCUT2D eigenvalue weighted by Crippen LogP contribution is -2.15. The molecule has 0 atom stereocenters. The fourth-order valence-electron chi connectivity index (χ4n) is 7.79. The topological polar surface area (TPSA) is 0 Å². The van der Waals surface area contributed by atoms with Gasteiger partial charge in [0, 0.05) is 5.41 Å². The number of hydrogen-bond donors (Lipinski definition) is 0. The monoisotopic (exact) mass is 572 g/mol. The van der Waals surface area contributed by atoms with E-state index in [0.29, 0.717) is 0 Å². The molecule has 0 saturated carbocycles. The van der Waals surface area contributed by atoms with Crippen molar-refractivity contribution in [3.05, 3.63) is 169 Å². The van der Waals surface area contributed by atoms with Crippen LogP contribution in [0.15, 0.2) is 158 Å². The van der Waals surface area contributed by atoms with Crippen molar-refractivity contribution in [2.24, 2.45) is 0 Å². The first kappa shape index (κ1) is 26.0. The van der Waals surface area contributed by atoms with Gasteiger partial charge in [-0.05, 0) is 106 Å². The third kappa shape index (κ3) is 3.92. The minimum atomic E-state index is -0.0920. The maximum atomic E-state index is 2.45. The SMILES string of the molecule is CC1(C)c2cc(-c3ccccc3)ccc2-c2ccc(-c3cccc4c(-c5cc6ccccc6c6ccccc56)cccc34)cc21. The molecule has 1 aliphatic rings. The molecule has 0 N–H and O–H groups in total. The molecule has 1 aliphatic carbocycles. The maximum Gasteiger partial charge on any atom is 0.0159 e. The smallest absolute Gasteiger partial charge is 0.0159 e. The van der Waals surface area contributed by atoms with E-state index in [2.05, 4.69) is 172 Å². The zero-order valence-corrected chi connectivity index (χ0v) is 25.5. The summed E-state index contributed by atoms with van der Waals surface area (Å²) in [7, 11) is 0. The Kier molecular flexibility index (Phi) is 5.64. The van der Waals surface area contributed by atoms with Gasteiger partial charge in [0.1, 0.15) is 0 Å². The Balaban J connectivity index is 1.20. The molecule has 212 valence electrons. The van der Waals surface area contributed by atoms with E-state index in [1.165, 1.54) is 88.0 Å². The van der Waals surface area contributed by atoms with E-state index in [4.69, 9.17) is 0 Å². The Bertz CT molecular complexity index is 2440. The molecule has 9 rings (SSSR count). The summed E-state index contributed by atoms with van der Waals surface area (Å²) in [6, 6.07) is 58.4. The van der Waals surface area contributed by atoms with Crippen LogP contribution in [-0.4, -0.2) is 0 Å². The van der Waals surface area contributed by atoms with Crippen molar-refractivity contribution >= 4 is 32.3 Å². The minimum absolute atomic E-state index is 0.0920. The van der Waals surface area contributed by atoms with Crippen LogP contribution >= 0.6 is 0 Å². The second-order valence-electron chi connectivity index (χ2n) is 12.9. The van der Waals surface area contributed by atoms with Gasteiger partial charge in [-0.2, -0.15) is 0 Å². The molecular weight excluding hydrogens is 540 g/mol. The van der Waals surface area contributed by atoms with Crippen LogP contribution in [-0.2, 0) is 5.41 Å². The van der Waals surface area contributed by atoms with Gasteiger partial charge in [-0.15, -0.1) is 0 Å². The van der Waals surface area contributed by atoms with E-state index in [1.54, 1.807) is 0 Å². The highest BCUT2D eigenvalue weighted by Gasteiger charge is 2.36. The van der Waals surface area contributed by atoms with Gasteiger partial charge in [0.25, 0.3) is 0 Å². The standard InChI is InChI=1S/C45H32/c1-45(2)43-27-30(29-12-4-3-5-13-29)22-24-40(43)41-25-23-32(28-44(41)45)34-18-10-20-37-36(34)19-11-21-39(37)42-26-31-14-6-7-15-33(31)35-16-8-9-17-38(35)42/h3-28H,1-2H3. The van der Waals surface area contributed by atoms with E-state index in [0.717, 1.165) is 0 Å². The molecule has 0 spiro atoms. The van der Waals surface area contributed by atoms with Gasteiger partial charge < -0.3 is 0 Å². The van der Waals surface area contributed by atoms with Crippen LogP contribution in [0, 0.1) is 0 Å². The molecule has 8 aromatic rings. The molecular formula is C45H32. The molecule has 8 aromatic carbocycles. The number of hydrogen-bond acceptors (Lipinski definition) is 0. The Labute approximate surface area is 264 Å². The van der Waals surface area contributed by atoms with Crippen molar-refractivity contribution < 1.29 is 0 Å². The molecule has 0 nitrogen and oxygen atoms in total. The van der Waals surface area contributed by atoms with E-state index in [9.17, 15) is 0 Å². The van der Waals surface area contributed by atoms with Crippen molar-refractivity contribution in [3.63, 3.8) is 0 Å². The van der Waals surface area contributed by atoms with Gasteiger partial charge in [0.2, 0.25) is 0 Å². The van der Waals surface area contributed by atoms with Gasteiger partial charge in [0.05, 0.1) is 0 Å². The summed E-state index contributed by atoms with van der Waals surface area (Å²) in [6.07, 6.45) is 0. The van der Waals surface area contributed by atoms with Crippen LogP contribution in [0.25, 0.3) is 76.8 Å². The van der Waals surface area contributed by atoms with E-state index in [-0.39, 0.29) is 5.41 Å². The average Bonchev–Trinajstić information content (AvgIpc) is 3.32. The van der Waals surface area contributed by atoms with Crippen LogP contribution < -0.4 is 0 Å². The van der Waals surface area contributed by atoms with Crippen molar-refractivity contribution in [1.29, 1.82) is 0 Å². The third-order valence-corrected chi connectivity index (χ3v) is 10.1. The number of fused-ring (bicyclic) bond motifs is 7. The first-order chi connectivity index (χ1) is 22.1. The molecule has 45 heavy (non-hydrogen) atoms. The molecule has 0 saturated heterocycles.